The Labute approximate surface area is 180 Å². The third kappa shape index (κ3) is 4.11. The summed E-state index contributed by atoms with van der Waals surface area (Å²) in [6.45, 7) is 0. The van der Waals surface area contributed by atoms with Crippen molar-refractivity contribution in [2.24, 2.45) is 10.2 Å². The maximum absolute atomic E-state index is 9.45. The van der Waals surface area contributed by atoms with E-state index < -0.39 is 0 Å². The van der Waals surface area contributed by atoms with Crippen LogP contribution in [-0.4, -0.2) is 48.8 Å². The average molecular weight is 433 g/mol. The molecule has 0 saturated heterocycles. The normalized spacial score (nSPS) is 10.7. The minimum Gasteiger partial charge on any atom is -0.371 e. The molecule has 4 aromatic rings. The second-order valence-electron chi connectivity index (χ2n) is 5.71. The molecule has 0 atom stereocenters. The third-order valence-corrected chi connectivity index (χ3v) is 4.60. The maximum Gasteiger partial charge on any atom is 0.228 e. The van der Waals surface area contributed by atoms with Crippen molar-refractivity contribution in [1.82, 2.24) is 34.7 Å². The van der Waals surface area contributed by atoms with Crippen molar-refractivity contribution in [2.45, 2.75) is 0 Å². The van der Waals surface area contributed by atoms with Crippen LogP contribution in [0.25, 0.3) is 5.13 Å². The number of anilines is 4. The molecule has 4 aromatic heterocycles. The van der Waals surface area contributed by atoms with E-state index in [-0.39, 0.29) is 11.4 Å². The van der Waals surface area contributed by atoms with E-state index in [1.807, 2.05) is 0 Å². The molecule has 154 valence electrons. The van der Waals surface area contributed by atoms with E-state index >= 15 is 0 Å². The van der Waals surface area contributed by atoms with E-state index in [0.29, 0.717) is 34.4 Å². The van der Waals surface area contributed by atoms with Crippen LogP contribution >= 0.6 is 11.3 Å². The van der Waals surface area contributed by atoms with E-state index in [2.05, 4.69) is 62.3 Å². The van der Waals surface area contributed by atoms with Crippen molar-refractivity contribution >= 4 is 46.4 Å². The fraction of sp³-hybridized carbons (Fsp3) is 0.118. The first-order valence-electron chi connectivity index (χ1n) is 8.84. The summed E-state index contributed by atoms with van der Waals surface area (Å²) in [6, 6.07) is 3.76. The predicted molar refractivity (Wildman–Crippen MR) is 115 cm³/mol. The average Bonchev–Trinajstić information content (AvgIpc) is 3.48. The van der Waals surface area contributed by atoms with Crippen LogP contribution in [0.5, 0.6) is 0 Å². The largest absolute Gasteiger partial charge is 0.371 e. The molecular formula is C17H15N13S. The first-order chi connectivity index (χ1) is 15.2. The standard InChI is InChI=1S/C17H15N13S/c1-19-12-11(13(26-15(20-2)25-12)27-16-21-4-3-5-22-16)28-29-14-10(8-18)9-24-30(14)17-23-6-7-31-17/h3-7,9H,1-2H3,(H3,19,20,21,22,25,26,27). The number of aromatic nitrogens is 7. The highest BCUT2D eigenvalue weighted by molar-refractivity contribution is 7.12. The molecule has 0 aliphatic carbocycles. The van der Waals surface area contributed by atoms with E-state index in [1.165, 1.54) is 22.2 Å². The van der Waals surface area contributed by atoms with Gasteiger partial charge in [-0.3, -0.25) is 0 Å². The van der Waals surface area contributed by atoms with Crippen molar-refractivity contribution in [2.75, 3.05) is 30.0 Å². The fourth-order valence-corrected chi connectivity index (χ4v) is 3.07. The van der Waals surface area contributed by atoms with Crippen LogP contribution in [0.15, 0.2) is 46.5 Å². The zero-order chi connectivity index (χ0) is 21.6. The van der Waals surface area contributed by atoms with Crippen LogP contribution in [-0.2, 0) is 0 Å². The van der Waals surface area contributed by atoms with Gasteiger partial charge in [-0.1, -0.05) is 0 Å². The number of nitrogens with one attached hydrogen (secondary N) is 3. The third-order valence-electron chi connectivity index (χ3n) is 3.85. The number of hydrogen-bond acceptors (Lipinski definition) is 13. The molecule has 0 bridgehead atoms. The van der Waals surface area contributed by atoms with Gasteiger partial charge in [0.15, 0.2) is 23.1 Å². The summed E-state index contributed by atoms with van der Waals surface area (Å²) in [5.41, 5.74) is 0.545. The summed E-state index contributed by atoms with van der Waals surface area (Å²) in [4.78, 5) is 21.3. The molecule has 31 heavy (non-hydrogen) atoms. The summed E-state index contributed by atoms with van der Waals surface area (Å²) in [7, 11) is 3.40. The Balaban J connectivity index is 1.81. The number of hydrogen-bond donors (Lipinski definition) is 3. The van der Waals surface area contributed by atoms with Gasteiger partial charge in [0.25, 0.3) is 0 Å². The molecule has 0 unspecified atom stereocenters. The lowest BCUT2D eigenvalue weighted by molar-refractivity contribution is 0.860. The quantitative estimate of drug-likeness (QED) is 0.368. The summed E-state index contributed by atoms with van der Waals surface area (Å²) in [6.07, 6.45) is 6.25. The maximum atomic E-state index is 9.45. The van der Waals surface area contributed by atoms with Crippen molar-refractivity contribution in [3.63, 3.8) is 0 Å². The minimum absolute atomic E-state index is 0.235. The van der Waals surface area contributed by atoms with Gasteiger partial charge in [-0.25, -0.2) is 15.0 Å². The summed E-state index contributed by atoms with van der Waals surface area (Å²) >= 11 is 1.36. The predicted octanol–water partition coefficient (Wildman–Crippen LogP) is 3.02. The molecular weight excluding hydrogens is 418 g/mol. The van der Waals surface area contributed by atoms with Gasteiger partial charge in [0.2, 0.25) is 17.0 Å². The molecule has 14 heteroatoms. The van der Waals surface area contributed by atoms with E-state index in [0.717, 1.165) is 0 Å². The Morgan fingerprint density at radius 1 is 1.00 bits per heavy atom. The number of thiazole rings is 1. The van der Waals surface area contributed by atoms with Crippen LogP contribution in [0.4, 0.5) is 35.0 Å². The van der Waals surface area contributed by atoms with E-state index in [9.17, 15) is 5.26 Å². The first-order valence-corrected chi connectivity index (χ1v) is 9.72. The lowest BCUT2D eigenvalue weighted by atomic mass is 10.4. The SMILES string of the molecule is CNc1nc(NC)c(N=Nc2c(C#N)cnn2-c2nccs2)c(Nc2ncccn2)n1. The topological polar surface area (TPSA) is 167 Å². The van der Waals surface area contributed by atoms with Crippen LogP contribution in [0.1, 0.15) is 5.56 Å². The van der Waals surface area contributed by atoms with Crippen molar-refractivity contribution < 1.29 is 0 Å². The van der Waals surface area contributed by atoms with Gasteiger partial charge in [0.05, 0.1) is 6.20 Å². The summed E-state index contributed by atoms with van der Waals surface area (Å²) < 4.78 is 1.45. The minimum atomic E-state index is 0.235. The molecule has 13 nitrogen and oxygen atoms in total. The fourth-order valence-electron chi connectivity index (χ4n) is 2.47. The van der Waals surface area contributed by atoms with Crippen molar-refractivity contribution in [3.05, 3.63) is 41.8 Å². The molecule has 0 aromatic carbocycles. The van der Waals surface area contributed by atoms with Gasteiger partial charge in [-0.15, -0.1) is 21.6 Å². The van der Waals surface area contributed by atoms with E-state index in [4.69, 9.17) is 0 Å². The summed E-state index contributed by atoms with van der Waals surface area (Å²) in [5.74, 6) is 1.64. The Bertz CT molecular complexity index is 1240. The highest BCUT2D eigenvalue weighted by atomic mass is 32.1. The molecule has 0 radical (unpaired) electrons. The number of rotatable bonds is 7. The van der Waals surface area contributed by atoms with Crippen molar-refractivity contribution in [1.29, 1.82) is 5.26 Å². The van der Waals surface area contributed by atoms with Gasteiger partial charge < -0.3 is 16.0 Å². The Kier molecular flexibility index (Phi) is 5.67. The van der Waals surface area contributed by atoms with Gasteiger partial charge in [0, 0.05) is 38.1 Å². The van der Waals surface area contributed by atoms with Crippen LogP contribution < -0.4 is 16.0 Å². The molecule has 4 heterocycles. The second-order valence-corrected chi connectivity index (χ2v) is 6.58. The van der Waals surface area contributed by atoms with Gasteiger partial charge >= 0.3 is 0 Å². The van der Waals surface area contributed by atoms with Gasteiger partial charge in [-0.2, -0.15) is 25.0 Å². The highest BCUT2D eigenvalue weighted by Gasteiger charge is 2.17. The molecule has 3 N–H and O–H groups in total. The molecule has 4 rings (SSSR count). The molecule has 0 saturated carbocycles. The highest BCUT2D eigenvalue weighted by Crippen LogP contribution is 2.35. The Morgan fingerprint density at radius 3 is 2.48 bits per heavy atom. The van der Waals surface area contributed by atoms with Crippen molar-refractivity contribution in [3.8, 4) is 11.2 Å². The molecule has 0 fully saturated rings. The summed E-state index contributed by atoms with van der Waals surface area (Å²) in [5, 5.41) is 33.5. The zero-order valence-electron chi connectivity index (χ0n) is 16.3. The second kappa shape index (κ2) is 8.88. The van der Waals surface area contributed by atoms with Crippen LogP contribution in [0.2, 0.25) is 0 Å². The molecule has 0 spiro atoms. The number of nitrogens with zero attached hydrogens (tertiary/aromatic N) is 10. The van der Waals surface area contributed by atoms with E-state index in [1.54, 1.807) is 44.1 Å². The lowest BCUT2D eigenvalue weighted by Gasteiger charge is -2.11. The Morgan fingerprint density at radius 2 is 1.81 bits per heavy atom. The monoisotopic (exact) mass is 433 g/mol. The van der Waals surface area contributed by atoms with Crippen LogP contribution in [0.3, 0.4) is 0 Å². The lowest BCUT2D eigenvalue weighted by Crippen LogP contribution is -2.06. The van der Waals surface area contributed by atoms with Crippen LogP contribution in [0, 0.1) is 11.3 Å². The molecule has 0 aliphatic rings. The molecule has 0 amide bonds. The van der Waals surface area contributed by atoms with Gasteiger partial charge in [0.1, 0.15) is 11.6 Å². The molecule has 0 aliphatic heterocycles. The first kappa shape index (κ1) is 19.8. The van der Waals surface area contributed by atoms with Gasteiger partial charge in [-0.05, 0) is 6.07 Å². The Hall–Kier alpha value is -4.51. The number of azo groups is 1. The zero-order valence-corrected chi connectivity index (χ0v) is 17.2. The number of nitriles is 1. The smallest absolute Gasteiger partial charge is 0.228 e.